The van der Waals surface area contributed by atoms with Crippen LogP contribution in [0.4, 0.5) is 0 Å². The molecule has 0 bridgehead atoms. The largest absolute Gasteiger partial charge is 0.519 e. The predicted molar refractivity (Wildman–Crippen MR) is 115 cm³/mol. The van der Waals surface area contributed by atoms with Crippen LogP contribution in [0.1, 0.15) is 73.1 Å². The standard InChI is InChI=1S/C22H42O4Si/c1-7-11-16-27(17-12-8-2,18-13-9-3)26-21(10-4)25-20-14-15-24-19(5)22(20)23-6/h10,14-15,19-20,22H,7-9,11-13,16-18H2,1-6H3/b21-10-/t19-,20+,22+/m0/s1. The summed E-state index contributed by atoms with van der Waals surface area (Å²) in [6, 6.07) is 3.66. The van der Waals surface area contributed by atoms with Crippen molar-refractivity contribution in [3.05, 3.63) is 24.4 Å². The van der Waals surface area contributed by atoms with Crippen molar-refractivity contribution >= 4 is 8.32 Å². The second-order valence-electron chi connectivity index (χ2n) is 7.66. The molecule has 0 saturated carbocycles. The van der Waals surface area contributed by atoms with E-state index in [2.05, 4.69) is 20.8 Å². The van der Waals surface area contributed by atoms with E-state index < -0.39 is 8.32 Å². The van der Waals surface area contributed by atoms with Gasteiger partial charge >= 0.3 is 0 Å². The van der Waals surface area contributed by atoms with Crippen molar-refractivity contribution in [2.75, 3.05) is 7.11 Å². The van der Waals surface area contributed by atoms with E-state index in [1.165, 1.54) is 56.7 Å². The van der Waals surface area contributed by atoms with E-state index in [4.69, 9.17) is 18.6 Å². The number of unbranched alkanes of at least 4 members (excludes halogenated alkanes) is 3. The summed E-state index contributed by atoms with van der Waals surface area (Å²) in [6.07, 6.45) is 12.6. The van der Waals surface area contributed by atoms with Gasteiger partial charge in [-0.15, -0.1) is 0 Å². The molecule has 0 N–H and O–H groups in total. The summed E-state index contributed by atoms with van der Waals surface area (Å²) >= 11 is 0. The first-order valence-electron chi connectivity index (χ1n) is 10.9. The molecular formula is C22H42O4Si. The van der Waals surface area contributed by atoms with Crippen LogP contribution in [0, 0.1) is 0 Å². The third-order valence-electron chi connectivity index (χ3n) is 5.38. The summed E-state index contributed by atoms with van der Waals surface area (Å²) in [5, 5.41) is 0. The lowest BCUT2D eigenvalue weighted by Crippen LogP contribution is -2.43. The fourth-order valence-corrected chi connectivity index (χ4v) is 8.30. The van der Waals surface area contributed by atoms with Gasteiger partial charge in [-0.2, -0.15) is 0 Å². The molecule has 1 heterocycles. The number of hydrogen-bond acceptors (Lipinski definition) is 4. The Morgan fingerprint density at radius 3 is 2.04 bits per heavy atom. The first-order chi connectivity index (χ1) is 13.1. The van der Waals surface area contributed by atoms with Crippen LogP contribution in [0.15, 0.2) is 24.4 Å². The molecule has 0 aromatic carbocycles. The number of allylic oxidation sites excluding steroid dienone is 1. The second kappa shape index (κ2) is 13.3. The Bertz CT molecular complexity index is 428. The highest BCUT2D eigenvalue weighted by Crippen LogP contribution is 2.33. The molecule has 3 atom stereocenters. The van der Waals surface area contributed by atoms with Crippen LogP contribution in [0.5, 0.6) is 0 Å². The van der Waals surface area contributed by atoms with Crippen LogP contribution in [-0.4, -0.2) is 33.7 Å². The van der Waals surface area contributed by atoms with Crippen molar-refractivity contribution in [1.82, 2.24) is 0 Å². The zero-order valence-corrected chi connectivity index (χ0v) is 19.5. The van der Waals surface area contributed by atoms with Gasteiger partial charge in [0.2, 0.25) is 0 Å². The van der Waals surface area contributed by atoms with Crippen molar-refractivity contribution in [2.24, 2.45) is 0 Å². The monoisotopic (exact) mass is 398 g/mol. The van der Waals surface area contributed by atoms with Crippen molar-refractivity contribution in [3.63, 3.8) is 0 Å². The molecule has 0 unspecified atom stereocenters. The molecule has 0 aliphatic carbocycles. The average molecular weight is 399 g/mol. The lowest BCUT2D eigenvalue weighted by Gasteiger charge is -2.36. The number of methoxy groups -OCH3 is 1. The summed E-state index contributed by atoms with van der Waals surface area (Å²) in [5.74, 6) is 0.677. The van der Waals surface area contributed by atoms with Gasteiger partial charge in [0, 0.05) is 7.11 Å². The SMILES string of the molecule is C/C=C(/O[C@@H]1C=CO[C@@H](C)[C@H]1OC)O[Si](CCCC)(CCCC)CCCC. The van der Waals surface area contributed by atoms with Gasteiger partial charge in [0.15, 0.2) is 6.10 Å². The van der Waals surface area contributed by atoms with Gasteiger partial charge in [0.05, 0.1) is 6.26 Å². The van der Waals surface area contributed by atoms with E-state index >= 15 is 0 Å². The van der Waals surface area contributed by atoms with Crippen LogP contribution in [0.2, 0.25) is 18.1 Å². The first-order valence-corrected chi connectivity index (χ1v) is 13.5. The molecular weight excluding hydrogens is 356 g/mol. The van der Waals surface area contributed by atoms with Crippen LogP contribution in [-0.2, 0) is 18.6 Å². The van der Waals surface area contributed by atoms with Crippen molar-refractivity contribution < 1.29 is 18.6 Å². The highest BCUT2D eigenvalue weighted by atomic mass is 28.4. The molecule has 4 nitrogen and oxygen atoms in total. The van der Waals surface area contributed by atoms with E-state index in [0.29, 0.717) is 5.95 Å². The smallest absolute Gasteiger partial charge is 0.261 e. The zero-order chi connectivity index (χ0) is 20.1. The zero-order valence-electron chi connectivity index (χ0n) is 18.5. The number of ether oxygens (including phenoxy) is 3. The Balaban J connectivity index is 2.93. The minimum Gasteiger partial charge on any atom is -0.519 e. The minimum atomic E-state index is -1.87. The summed E-state index contributed by atoms with van der Waals surface area (Å²) in [7, 11) is -0.158. The van der Waals surface area contributed by atoms with Gasteiger partial charge in [-0.1, -0.05) is 59.3 Å². The minimum absolute atomic E-state index is 0.0367. The molecule has 1 aliphatic rings. The average Bonchev–Trinajstić information content (AvgIpc) is 2.68. The molecule has 0 amide bonds. The van der Waals surface area contributed by atoms with Crippen LogP contribution in [0.25, 0.3) is 0 Å². The number of hydrogen-bond donors (Lipinski definition) is 0. The quantitative estimate of drug-likeness (QED) is 0.246. The highest BCUT2D eigenvalue weighted by Gasteiger charge is 2.38. The summed E-state index contributed by atoms with van der Waals surface area (Å²) < 4.78 is 24.2. The molecule has 158 valence electrons. The second-order valence-corrected chi connectivity index (χ2v) is 11.7. The number of rotatable bonds is 14. The Morgan fingerprint density at radius 1 is 1.04 bits per heavy atom. The van der Waals surface area contributed by atoms with Crippen LogP contribution < -0.4 is 0 Å². The van der Waals surface area contributed by atoms with E-state index in [1.807, 2.05) is 26.0 Å². The maximum absolute atomic E-state index is 6.77. The van der Waals surface area contributed by atoms with Crippen molar-refractivity contribution in [1.29, 1.82) is 0 Å². The van der Waals surface area contributed by atoms with Gasteiger partial charge in [-0.3, -0.25) is 0 Å². The maximum Gasteiger partial charge on any atom is 0.261 e. The third kappa shape index (κ3) is 7.90. The molecule has 1 aliphatic heterocycles. The molecule has 0 saturated heterocycles. The van der Waals surface area contributed by atoms with Gasteiger partial charge in [-0.25, -0.2) is 0 Å². The van der Waals surface area contributed by atoms with Crippen molar-refractivity contribution in [2.45, 2.75) is 110 Å². The Kier molecular flexibility index (Phi) is 11.8. The van der Waals surface area contributed by atoms with E-state index in [9.17, 15) is 0 Å². The van der Waals surface area contributed by atoms with Crippen LogP contribution in [0.3, 0.4) is 0 Å². The van der Waals surface area contributed by atoms with E-state index in [1.54, 1.807) is 13.4 Å². The van der Waals surface area contributed by atoms with Crippen LogP contribution >= 0.6 is 0 Å². The summed E-state index contributed by atoms with van der Waals surface area (Å²) in [5.41, 5.74) is 0. The maximum atomic E-state index is 6.77. The fraction of sp³-hybridized carbons (Fsp3) is 0.818. The summed E-state index contributed by atoms with van der Waals surface area (Å²) in [4.78, 5) is 0. The van der Waals surface area contributed by atoms with Gasteiger partial charge in [-0.05, 0) is 44.1 Å². The molecule has 0 aromatic heterocycles. The molecule has 0 radical (unpaired) electrons. The highest BCUT2D eigenvalue weighted by molar-refractivity contribution is 6.74. The predicted octanol–water partition coefficient (Wildman–Crippen LogP) is 6.54. The fourth-order valence-electron chi connectivity index (χ4n) is 3.66. The van der Waals surface area contributed by atoms with E-state index in [-0.39, 0.29) is 18.3 Å². The Labute approximate surface area is 168 Å². The van der Waals surface area contributed by atoms with Gasteiger partial charge in [0.25, 0.3) is 14.3 Å². The van der Waals surface area contributed by atoms with E-state index in [0.717, 1.165) is 0 Å². The molecule has 27 heavy (non-hydrogen) atoms. The lowest BCUT2D eigenvalue weighted by molar-refractivity contribution is -0.0990. The Hall–Kier alpha value is -0.943. The first kappa shape index (κ1) is 24.1. The molecule has 0 fully saturated rings. The lowest BCUT2D eigenvalue weighted by atomic mass is 10.1. The van der Waals surface area contributed by atoms with Crippen molar-refractivity contribution in [3.8, 4) is 0 Å². The molecule has 1 rings (SSSR count). The Morgan fingerprint density at radius 2 is 1.59 bits per heavy atom. The molecule has 5 heteroatoms. The normalized spacial score (nSPS) is 23.2. The van der Waals surface area contributed by atoms with Gasteiger partial charge < -0.3 is 18.6 Å². The topological polar surface area (TPSA) is 36.9 Å². The molecule has 0 aromatic rings. The van der Waals surface area contributed by atoms with Gasteiger partial charge in [0.1, 0.15) is 12.2 Å². The molecule has 0 spiro atoms. The summed E-state index contributed by atoms with van der Waals surface area (Å²) in [6.45, 7) is 10.8. The third-order valence-corrected chi connectivity index (χ3v) is 9.81.